The Morgan fingerprint density at radius 3 is 2.50 bits per heavy atom. The van der Waals surface area contributed by atoms with Crippen molar-refractivity contribution in [2.45, 2.75) is 20.3 Å². The van der Waals surface area contributed by atoms with Crippen LogP contribution in [0.3, 0.4) is 0 Å². The van der Waals surface area contributed by atoms with Crippen LogP contribution in [-0.4, -0.2) is 34.1 Å². The summed E-state index contributed by atoms with van der Waals surface area (Å²) in [7, 11) is 0. The molecule has 2 heterocycles. The van der Waals surface area contributed by atoms with Gasteiger partial charge in [0.1, 0.15) is 0 Å². The first-order chi connectivity index (χ1) is 9.38. The van der Waals surface area contributed by atoms with Crippen LogP contribution >= 0.6 is 0 Å². The predicted octanol–water partition coefficient (Wildman–Crippen LogP) is 2.17. The van der Waals surface area contributed by atoms with E-state index in [2.05, 4.69) is 18.8 Å². The Morgan fingerprint density at radius 2 is 2.00 bits per heavy atom. The molecule has 0 aromatic carbocycles. The van der Waals surface area contributed by atoms with Crippen LogP contribution < -0.4 is 4.90 Å². The molecule has 7 heteroatoms. The minimum absolute atomic E-state index is 0.142. The lowest BCUT2D eigenvalue weighted by Crippen LogP contribution is -2.39. The molecule has 0 amide bonds. The summed E-state index contributed by atoms with van der Waals surface area (Å²) in [5.74, 6) is -0.227. The standard InChI is InChI=1S/C13H17N3O4/c1-8-5-9(2)7-15(6-8)12-11(16(19)20)4-3-10(14-12)13(17)18/h3-4,8-9H,5-7H2,1-2H3,(H,17,18). The second-order valence-corrected chi connectivity index (χ2v) is 5.45. The highest BCUT2D eigenvalue weighted by molar-refractivity contribution is 5.86. The van der Waals surface area contributed by atoms with Crippen LogP contribution in [0.1, 0.15) is 30.8 Å². The van der Waals surface area contributed by atoms with Crippen LogP contribution in [0.5, 0.6) is 0 Å². The molecule has 2 atom stereocenters. The molecule has 7 nitrogen and oxygen atoms in total. The number of aromatic carboxylic acids is 1. The maximum absolute atomic E-state index is 11.1. The van der Waals surface area contributed by atoms with E-state index in [1.807, 2.05) is 4.90 Å². The molecule has 108 valence electrons. The van der Waals surface area contributed by atoms with Crippen molar-refractivity contribution < 1.29 is 14.8 Å². The molecule has 2 rings (SSSR count). The van der Waals surface area contributed by atoms with Gasteiger partial charge < -0.3 is 10.0 Å². The smallest absolute Gasteiger partial charge is 0.354 e. The highest BCUT2D eigenvalue weighted by Gasteiger charge is 2.29. The molecule has 0 spiro atoms. The van der Waals surface area contributed by atoms with E-state index >= 15 is 0 Å². The van der Waals surface area contributed by atoms with Crippen molar-refractivity contribution in [3.63, 3.8) is 0 Å². The number of hydrogen-bond acceptors (Lipinski definition) is 5. The van der Waals surface area contributed by atoms with E-state index in [0.29, 0.717) is 24.9 Å². The lowest BCUT2D eigenvalue weighted by Gasteiger charge is -2.35. The van der Waals surface area contributed by atoms with Gasteiger partial charge in [0.25, 0.3) is 0 Å². The highest BCUT2D eigenvalue weighted by atomic mass is 16.6. The molecule has 1 aliphatic rings. The van der Waals surface area contributed by atoms with E-state index in [1.54, 1.807) is 0 Å². The van der Waals surface area contributed by atoms with Gasteiger partial charge in [-0.15, -0.1) is 0 Å². The van der Waals surface area contributed by atoms with Gasteiger partial charge in [0.05, 0.1) is 4.92 Å². The number of pyridine rings is 1. The zero-order valence-electron chi connectivity index (χ0n) is 11.4. The van der Waals surface area contributed by atoms with Gasteiger partial charge in [-0.2, -0.15) is 0 Å². The molecule has 1 fully saturated rings. The molecule has 1 aromatic heterocycles. The molecule has 20 heavy (non-hydrogen) atoms. The summed E-state index contributed by atoms with van der Waals surface area (Å²) in [6, 6.07) is 2.39. The monoisotopic (exact) mass is 279 g/mol. The molecule has 0 aliphatic carbocycles. The summed E-state index contributed by atoms with van der Waals surface area (Å²) in [4.78, 5) is 27.4. The van der Waals surface area contributed by atoms with Crippen molar-refractivity contribution in [2.75, 3.05) is 18.0 Å². The SMILES string of the molecule is CC1CC(C)CN(c2nc(C(=O)O)ccc2[N+](=O)[O-])C1. The number of hydrogen-bond donors (Lipinski definition) is 1. The van der Waals surface area contributed by atoms with Gasteiger partial charge in [-0.1, -0.05) is 13.8 Å². The lowest BCUT2D eigenvalue weighted by atomic mass is 9.92. The normalized spacial score (nSPS) is 22.6. The zero-order chi connectivity index (χ0) is 14.9. The Kier molecular flexibility index (Phi) is 3.87. The van der Waals surface area contributed by atoms with Crippen molar-refractivity contribution in [1.82, 2.24) is 4.98 Å². The summed E-state index contributed by atoms with van der Waals surface area (Å²) in [6.45, 7) is 5.47. The van der Waals surface area contributed by atoms with E-state index in [0.717, 1.165) is 6.42 Å². The molecule has 1 aliphatic heterocycles. The molecular formula is C13H17N3O4. The van der Waals surface area contributed by atoms with Crippen molar-refractivity contribution in [3.8, 4) is 0 Å². The second kappa shape index (κ2) is 5.44. The Bertz CT molecular complexity index is 536. The molecular weight excluding hydrogens is 262 g/mol. The lowest BCUT2D eigenvalue weighted by molar-refractivity contribution is -0.384. The topological polar surface area (TPSA) is 96.6 Å². The second-order valence-electron chi connectivity index (χ2n) is 5.45. The molecule has 0 radical (unpaired) electrons. The van der Waals surface area contributed by atoms with Crippen LogP contribution in [0.4, 0.5) is 11.5 Å². The zero-order valence-corrected chi connectivity index (χ0v) is 11.4. The average molecular weight is 279 g/mol. The Morgan fingerprint density at radius 1 is 1.40 bits per heavy atom. The number of carboxylic acids is 1. The van der Waals surface area contributed by atoms with E-state index in [-0.39, 0.29) is 17.2 Å². The molecule has 0 saturated carbocycles. The number of carboxylic acid groups (broad SMARTS) is 1. The van der Waals surface area contributed by atoms with Crippen LogP contribution in [-0.2, 0) is 0 Å². The van der Waals surface area contributed by atoms with E-state index in [4.69, 9.17) is 5.11 Å². The van der Waals surface area contributed by atoms with Crippen LogP contribution in [0, 0.1) is 22.0 Å². The van der Waals surface area contributed by atoms with Crippen LogP contribution in [0.25, 0.3) is 0 Å². The van der Waals surface area contributed by atoms with Gasteiger partial charge in [0.15, 0.2) is 5.69 Å². The van der Waals surface area contributed by atoms with Gasteiger partial charge in [-0.25, -0.2) is 9.78 Å². The number of nitro groups is 1. The van der Waals surface area contributed by atoms with Crippen LogP contribution in [0.2, 0.25) is 0 Å². The first kappa shape index (κ1) is 14.2. The fourth-order valence-corrected chi connectivity index (χ4v) is 2.77. The molecule has 1 N–H and O–H groups in total. The van der Waals surface area contributed by atoms with Crippen molar-refractivity contribution in [3.05, 3.63) is 27.9 Å². The summed E-state index contributed by atoms with van der Waals surface area (Å²) in [6.07, 6.45) is 1.06. The summed E-state index contributed by atoms with van der Waals surface area (Å²) < 4.78 is 0. The van der Waals surface area contributed by atoms with Crippen molar-refractivity contribution >= 4 is 17.5 Å². The molecule has 2 unspecified atom stereocenters. The van der Waals surface area contributed by atoms with Crippen molar-refractivity contribution in [2.24, 2.45) is 11.8 Å². The van der Waals surface area contributed by atoms with Gasteiger partial charge >= 0.3 is 11.7 Å². The quantitative estimate of drug-likeness (QED) is 0.672. The van der Waals surface area contributed by atoms with Gasteiger partial charge in [-0.05, 0) is 24.3 Å². The van der Waals surface area contributed by atoms with E-state index in [1.165, 1.54) is 12.1 Å². The maximum atomic E-state index is 11.1. The number of aromatic nitrogens is 1. The molecule has 1 saturated heterocycles. The summed E-state index contributed by atoms with van der Waals surface area (Å²) in [5.41, 5.74) is -0.312. The summed E-state index contributed by atoms with van der Waals surface area (Å²) in [5, 5.41) is 20.1. The fraction of sp³-hybridized carbons (Fsp3) is 0.538. The summed E-state index contributed by atoms with van der Waals surface area (Å²) >= 11 is 0. The Hall–Kier alpha value is -2.18. The van der Waals surface area contributed by atoms with Crippen molar-refractivity contribution in [1.29, 1.82) is 0 Å². The molecule has 0 bridgehead atoms. The van der Waals surface area contributed by atoms with Gasteiger partial charge in [0, 0.05) is 19.2 Å². The third-order valence-corrected chi connectivity index (χ3v) is 3.44. The third-order valence-electron chi connectivity index (χ3n) is 3.44. The highest BCUT2D eigenvalue weighted by Crippen LogP contribution is 2.31. The first-order valence-corrected chi connectivity index (χ1v) is 6.52. The average Bonchev–Trinajstić information content (AvgIpc) is 2.36. The van der Waals surface area contributed by atoms with Gasteiger partial charge in [-0.3, -0.25) is 10.1 Å². The predicted molar refractivity (Wildman–Crippen MR) is 73.0 cm³/mol. The maximum Gasteiger partial charge on any atom is 0.354 e. The fourth-order valence-electron chi connectivity index (χ4n) is 2.77. The Labute approximate surface area is 116 Å². The number of piperidine rings is 1. The van der Waals surface area contributed by atoms with Crippen LogP contribution in [0.15, 0.2) is 12.1 Å². The molecule has 1 aromatic rings. The minimum atomic E-state index is -1.18. The first-order valence-electron chi connectivity index (χ1n) is 6.52. The van der Waals surface area contributed by atoms with E-state index in [9.17, 15) is 14.9 Å². The third kappa shape index (κ3) is 2.87. The van der Waals surface area contributed by atoms with Gasteiger partial charge in [0.2, 0.25) is 5.82 Å². The number of nitrogens with zero attached hydrogens (tertiary/aromatic N) is 3. The number of carbonyl (C=O) groups is 1. The largest absolute Gasteiger partial charge is 0.477 e. The minimum Gasteiger partial charge on any atom is -0.477 e. The number of rotatable bonds is 3. The Balaban J connectivity index is 2.43. The van der Waals surface area contributed by atoms with E-state index < -0.39 is 10.9 Å². The number of anilines is 1.